The summed E-state index contributed by atoms with van der Waals surface area (Å²) in [6, 6.07) is 52.5. The average Bonchev–Trinajstić information content (AvgIpc) is 3.38. The van der Waals surface area contributed by atoms with Gasteiger partial charge >= 0.3 is 0 Å². The molecule has 0 aliphatic carbocycles. The number of hydrogen-bond donors (Lipinski definition) is 0. The van der Waals surface area contributed by atoms with Gasteiger partial charge in [0.15, 0.2) is 0 Å². The molecule has 1 aromatic heterocycles. The molecule has 0 fully saturated rings. The number of rotatable bonds is 4. The molecule has 7 rings (SSSR count). The Kier molecular flexibility index (Phi) is 5.42. The monoisotopic (exact) mass is 488 g/mol. The lowest BCUT2D eigenvalue weighted by Crippen LogP contribution is -1.81. The van der Waals surface area contributed by atoms with Gasteiger partial charge in [-0.2, -0.15) is 0 Å². The van der Waals surface area contributed by atoms with Crippen molar-refractivity contribution in [2.24, 2.45) is 0 Å². The Bertz CT molecular complexity index is 1690. The SMILES string of the molecule is c1ccc(-c2ccc(-c3cccc4c3sc3c(-c5ccc(-c6ccccc6)cc5)cccc34)cc2)cc1. The molecule has 0 nitrogen and oxygen atoms in total. The zero-order valence-electron chi connectivity index (χ0n) is 20.3. The quantitative estimate of drug-likeness (QED) is 0.231. The molecule has 0 amide bonds. The van der Waals surface area contributed by atoms with Gasteiger partial charge in [-0.3, -0.25) is 0 Å². The van der Waals surface area contributed by atoms with Crippen LogP contribution >= 0.6 is 11.3 Å². The first-order chi connectivity index (χ1) is 18.3. The van der Waals surface area contributed by atoms with Gasteiger partial charge in [0.25, 0.3) is 0 Å². The molecular formula is C36H24S. The normalized spacial score (nSPS) is 11.2. The van der Waals surface area contributed by atoms with Crippen molar-refractivity contribution in [3.05, 3.63) is 146 Å². The second kappa shape index (κ2) is 9.20. The minimum atomic E-state index is 1.24. The lowest BCUT2D eigenvalue weighted by molar-refractivity contribution is 1.61. The molecule has 7 aromatic rings. The Balaban J connectivity index is 1.32. The maximum absolute atomic E-state index is 2.26. The molecule has 0 atom stereocenters. The van der Waals surface area contributed by atoms with E-state index in [0.29, 0.717) is 0 Å². The predicted molar refractivity (Wildman–Crippen MR) is 161 cm³/mol. The lowest BCUT2D eigenvalue weighted by Gasteiger charge is -2.06. The fourth-order valence-corrected chi connectivity index (χ4v) is 6.59. The zero-order valence-corrected chi connectivity index (χ0v) is 21.1. The van der Waals surface area contributed by atoms with Crippen molar-refractivity contribution in [1.82, 2.24) is 0 Å². The van der Waals surface area contributed by atoms with E-state index in [2.05, 4.69) is 146 Å². The summed E-state index contributed by atoms with van der Waals surface area (Å²) in [5, 5.41) is 2.65. The molecule has 0 spiro atoms. The molecule has 6 aromatic carbocycles. The first kappa shape index (κ1) is 21.8. The van der Waals surface area contributed by atoms with Gasteiger partial charge < -0.3 is 0 Å². The Morgan fingerprint density at radius 1 is 0.270 bits per heavy atom. The highest BCUT2D eigenvalue weighted by Crippen LogP contribution is 2.44. The maximum Gasteiger partial charge on any atom is 0.0434 e. The molecule has 0 radical (unpaired) electrons. The van der Waals surface area contributed by atoms with Crippen LogP contribution in [0.2, 0.25) is 0 Å². The summed E-state index contributed by atoms with van der Waals surface area (Å²) in [5.41, 5.74) is 10.1. The van der Waals surface area contributed by atoms with Crippen LogP contribution in [-0.2, 0) is 0 Å². The Morgan fingerprint density at radius 3 is 1.03 bits per heavy atom. The molecular weight excluding hydrogens is 464 g/mol. The molecule has 1 heteroatoms. The van der Waals surface area contributed by atoms with Gasteiger partial charge in [0.1, 0.15) is 0 Å². The van der Waals surface area contributed by atoms with Crippen molar-refractivity contribution >= 4 is 31.5 Å². The Morgan fingerprint density at radius 2 is 0.622 bits per heavy atom. The van der Waals surface area contributed by atoms with Crippen LogP contribution in [0.3, 0.4) is 0 Å². The van der Waals surface area contributed by atoms with Crippen LogP contribution in [0.5, 0.6) is 0 Å². The smallest absolute Gasteiger partial charge is 0.0434 e. The average molecular weight is 489 g/mol. The molecule has 1 heterocycles. The summed E-state index contributed by atoms with van der Waals surface area (Å²) in [7, 11) is 0. The van der Waals surface area contributed by atoms with Crippen molar-refractivity contribution < 1.29 is 0 Å². The van der Waals surface area contributed by atoms with Crippen molar-refractivity contribution in [2.75, 3.05) is 0 Å². The molecule has 0 aliphatic rings. The molecule has 0 N–H and O–H groups in total. The zero-order chi connectivity index (χ0) is 24.6. The Labute approximate surface area is 221 Å². The standard InChI is InChI=1S/C36H24S/c1-3-9-25(10-4-1)27-17-21-29(22-18-27)31-13-7-15-33-34-16-8-14-32(36(34)37-35(31)33)30-23-19-28(20-24-30)26-11-5-2-6-12-26/h1-24H. The van der Waals surface area contributed by atoms with Gasteiger partial charge in [0.05, 0.1) is 0 Å². The minimum Gasteiger partial charge on any atom is -0.134 e. The fraction of sp³-hybridized carbons (Fsp3) is 0. The van der Waals surface area contributed by atoms with Crippen LogP contribution in [0.15, 0.2) is 146 Å². The summed E-state index contributed by atoms with van der Waals surface area (Å²) in [6.07, 6.45) is 0. The second-order valence-corrected chi connectivity index (χ2v) is 10.4. The van der Waals surface area contributed by atoms with E-state index >= 15 is 0 Å². The van der Waals surface area contributed by atoms with Gasteiger partial charge in [-0.05, 0) is 44.5 Å². The van der Waals surface area contributed by atoms with Crippen molar-refractivity contribution in [3.63, 3.8) is 0 Å². The van der Waals surface area contributed by atoms with E-state index in [1.807, 2.05) is 11.3 Å². The van der Waals surface area contributed by atoms with Crippen LogP contribution < -0.4 is 0 Å². The van der Waals surface area contributed by atoms with E-state index in [-0.39, 0.29) is 0 Å². The molecule has 0 saturated carbocycles. The predicted octanol–water partition coefficient (Wildman–Crippen LogP) is 10.7. The van der Waals surface area contributed by atoms with E-state index in [1.165, 1.54) is 64.7 Å². The number of thiophene rings is 1. The van der Waals surface area contributed by atoms with Crippen LogP contribution in [0.25, 0.3) is 64.7 Å². The van der Waals surface area contributed by atoms with E-state index in [1.54, 1.807) is 0 Å². The second-order valence-electron chi connectivity index (χ2n) is 9.35. The third kappa shape index (κ3) is 3.94. The summed E-state index contributed by atoms with van der Waals surface area (Å²) in [6.45, 7) is 0. The summed E-state index contributed by atoms with van der Waals surface area (Å²) >= 11 is 1.91. The molecule has 0 bridgehead atoms. The van der Waals surface area contributed by atoms with Crippen molar-refractivity contribution in [1.29, 1.82) is 0 Å². The summed E-state index contributed by atoms with van der Waals surface area (Å²) in [5.74, 6) is 0. The van der Waals surface area contributed by atoms with E-state index in [0.717, 1.165) is 0 Å². The van der Waals surface area contributed by atoms with Crippen molar-refractivity contribution in [2.45, 2.75) is 0 Å². The third-order valence-electron chi connectivity index (χ3n) is 7.13. The van der Waals surface area contributed by atoms with Crippen LogP contribution in [-0.4, -0.2) is 0 Å². The van der Waals surface area contributed by atoms with Crippen LogP contribution in [0.4, 0.5) is 0 Å². The molecule has 37 heavy (non-hydrogen) atoms. The van der Waals surface area contributed by atoms with Crippen LogP contribution in [0, 0.1) is 0 Å². The molecule has 174 valence electrons. The summed E-state index contributed by atoms with van der Waals surface area (Å²) in [4.78, 5) is 0. The van der Waals surface area contributed by atoms with Gasteiger partial charge in [-0.1, -0.05) is 146 Å². The van der Waals surface area contributed by atoms with Crippen LogP contribution in [0.1, 0.15) is 0 Å². The highest BCUT2D eigenvalue weighted by molar-refractivity contribution is 7.26. The highest BCUT2D eigenvalue weighted by atomic mass is 32.1. The lowest BCUT2D eigenvalue weighted by atomic mass is 9.97. The maximum atomic E-state index is 2.26. The van der Waals surface area contributed by atoms with Crippen molar-refractivity contribution in [3.8, 4) is 44.5 Å². The Hall–Kier alpha value is -4.46. The van der Waals surface area contributed by atoms with E-state index in [9.17, 15) is 0 Å². The number of hydrogen-bond acceptors (Lipinski definition) is 1. The molecule has 0 aliphatic heterocycles. The van der Waals surface area contributed by atoms with Gasteiger partial charge in [0.2, 0.25) is 0 Å². The highest BCUT2D eigenvalue weighted by Gasteiger charge is 2.14. The topological polar surface area (TPSA) is 0 Å². The first-order valence-electron chi connectivity index (χ1n) is 12.6. The van der Waals surface area contributed by atoms with E-state index in [4.69, 9.17) is 0 Å². The van der Waals surface area contributed by atoms with Gasteiger partial charge in [-0.25, -0.2) is 0 Å². The van der Waals surface area contributed by atoms with Gasteiger partial charge in [-0.15, -0.1) is 11.3 Å². The third-order valence-corrected chi connectivity index (χ3v) is 8.42. The van der Waals surface area contributed by atoms with Gasteiger partial charge in [0, 0.05) is 20.2 Å². The number of benzene rings is 6. The summed E-state index contributed by atoms with van der Waals surface area (Å²) < 4.78 is 2.69. The number of fused-ring (bicyclic) bond motifs is 3. The van der Waals surface area contributed by atoms with E-state index < -0.39 is 0 Å². The first-order valence-corrected chi connectivity index (χ1v) is 13.4. The fourth-order valence-electron chi connectivity index (χ4n) is 5.22. The molecule has 0 unspecified atom stereocenters. The minimum absolute atomic E-state index is 1.24. The largest absolute Gasteiger partial charge is 0.134 e. The molecule has 0 saturated heterocycles.